The van der Waals surface area contributed by atoms with Gasteiger partial charge in [-0.25, -0.2) is 4.68 Å². The Labute approximate surface area is 169 Å². The van der Waals surface area contributed by atoms with Crippen molar-refractivity contribution in [1.82, 2.24) is 20.6 Å². The lowest BCUT2D eigenvalue weighted by Crippen LogP contribution is -2.43. The number of anilines is 1. The molecule has 7 heteroatoms. The fourth-order valence-corrected chi connectivity index (χ4v) is 2.86. The Balaban J connectivity index is 1.44. The van der Waals surface area contributed by atoms with Crippen LogP contribution < -0.4 is 16.2 Å². The molecule has 0 bridgehead atoms. The first-order valence-corrected chi connectivity index (χ1v) is 9.45. The highest BCUT2D eigenvalue weighted by Gasteiger charge is 2.07. The lowest BCUT2D eigenvalue weighted by atomic mass is 10.1. The van der Waals surface area contributed by atoms with Crippen LogP contribution in [0.2, 0.25) is 0 Å². The molecule has 0 unspecified atom stereocenters. The van der Waals surface area contributed by atoms with Gasteiger partial charge in [-0.05, 0) is 67.4 Å². The van der Waals surface area contributed by atoms with Gasteiger partial charge in [0.05, 0.1) is 11.9 Å². The summed E-state index contributed by atoms with van der Waals surface area (Å²) in [6.45, 7) is 4.06. The molecule has 1 heterocycles. The molecule has 28 heavy (non-hydrogen) atoms. The van der Waals surface area contributed by atoms with E-state index in [0.29, 0.717) is 18.0 Å². The fourth-order valence-electron chi connectivity index (χ4n) is 2.70. The summed E-state index contributed by atoms with van der Waals surface area (Å²) in [5.41, 5.74) is 10.6. The van der Waals surface area contributed by atoms with Crippen LogP contribution in [-0.4, -0.2) is 20.8 Å². The zero-order valence-corrected chi connectivity index (χ0v) is 16.7. The largest absolute Gasteiger partial charge is 0.331 e. The molecule has 1 amide bonds. The van der Waals surface area contributed by atoms with Gasteiger partial charge in [0.1, 0.15) is 0 Å². The number of carbonyl (C=O) groups is 1. The predicted octanol–water partition coefficient (Wildman–Crippen LogP) is 3.44. The summed E-state index contributed by atoms with van der Waals surface area (Å²) < 4.78 is 1.80. The number of aromatic nitrogens is 2. The van der Waals surface area contributed by atoms with Gasteiger partial charge >= 0.3 is 0 Å². The summed E-state index contributed by atoms with van der Waals surface area (Å²) in [5, 5.41) is 7.78. The van der Waals surface area contributed by atoms with E-state index < -0.39 is 0 Å². The van der Waals surface area contributed by atoms with E-state index in [2.05, 4.69) is 21.3 Å². The first-order valence-electron chi connectivity index (χ1n) is 9.04. The first-order chi connectivity index (χ1) is 13.5. The molecule has 0 saturated carbocycles. The maximum atomic E-state index is 12.1. The molecule has 2 aromatic carbocycles. The van der Waals surface area contributed by atoms with Crippen LogP contribution in [0.1, 0.15) is 23.1 Å². The third-order valence-electron chi connectivity index (χ3n) is 4.47. The molecular formula is C21H23N5OS. The minimum Gasteiger partial charge on any atom is -0.331 e. The van der Waals surface area contributed by atoms with Gasteiger partial charge in [0.25, 0.3) is 0 Å². The maximum Gasteiger partial charge on any atom is 0.238 e. The van der Waals surface area contributed by atoms with Gasteiger partial charge in [-0.15, -0.1) is 0 Å². The van der Waals surface area contributed by atoms with Crippen molar-refractivity contribution in [2.45, 2.75) is 26.7 Å². The molecule has 3 aromatic rings. The molecule has 0 aliphatic rings. The van der Waals surface area contributed by atoms with Gasteiger partial charge in [-0.3, -0.25) is 15.6 Å². The highest BCUT2D eigenvalue weighted by molar-refractivity contribution is 7.80. The average molecular weight is 394 g/mol. The number of amides is 1. The first kappa shape index (κ1) is 19.6. The van der Waals surface area contributed by atoms with Crippen LogP contribution in [0.15, 0.2) is 60.9 Å². The molecule has 6 nitrogen and oxygen atoms in total. The number of hydrogen-bond acceptors (Lipinski definition) is 3. The summed E-state index contributed by atoms with van der Waals surface area (Å²) in [5.74, 6) is -0.141. The second kappa shape index (κ2) is 9.14. The third kappa shape index (κ3) is 5.17. The number of thiocarbonyl (C=S) groups is 1. The van der Waals surface area contributed by atoms with Crippen molar-refractivity contribution in [1.29, 1.82) is 0 Å². The smallest absolute Gasteiger partial charge is 0.238 e. The van der Waals surface area contributed by atoms with E-state index in [-0.39, 0.29) is 5.91 Å². The van der Waals surface area contributed by atoms with Crippen molar-refractivity contribution in [2.75, 3.05) is 5.32 Å². The van der Waals surface area contributed by atoms with Gasteiger partial charge in [-0.1, -0.05) is 30.3 Å². The molecule has 0 aliphatic heterocycles. The molecule has 0 atom stereocenters. The van der Waals surface area contributed by atoms with Crippen LogP contribution in [0.3, 0.4) is 0 Å². The molecular weight excluding hydrogens is 370 g/mol. The number of para-hydroxylation sites is 1. The molecule has 3 N–H and O–H groups in total. The highest BCUT2D eigenvalue weighted by atomic mass is 32.1. The molecule has 1 aromatic heterocycles. The highest BCUT2D eigenvalue weighted by Crippen LogP contribution is 2.17. The summed E-state index contributed by atoms with van der Waals surface area (Å²) >= 11 is 5.24. The minimum absolute atomic E-state index is 0.141. The van der Waals surface area contributed by atoms with Crippen LogP contribution in [0.4, 0.5) is 5.69 Å². The average Bonchev–Trinajstić information content (AvgIpc) is 3.18. The Kier molecular flexibility index (Phi) is 6.39. The van der Waals surface area contributed by atoms with Crippen LogP contribution in [0.25, 0.3) is 5.69 Å². The second-order valence-electron chi connectivity index (χ2n) is 6.50. The number of hydrogen-bond donors (Lipinski definition) is 3. The topological polar surface area (TPSA) is 71.0 Å². The SMILES string of the molecule is Cc1cccc(NC(=S)NNC(=O)CCc2cnn(-c3ccccc3)c2)c1C. The lowest BCUT2D eigenvalue weighted by Gasteiger charge is -2.14. The van der Waals surface area contributed by atoms with E-state index in [0.717, 1.165) is 22.5 Å². The number of carbonyl (C=O) groups excluding carboxylic acids is 1. The summed E-state index contributed by atoms with van der Waals surface area (Å²) in [6, 6.07) is 15.8. The van der Waals surface area contributed by atoms with Gasteiger partial charge in [0, 0.05) is 18.3 Å². The third-order valence-corrected chi connectivity index (χ3v) is 4.67. The Morgan fingerprint density at radius 1 is 1.07 bits per heavy atom. The van der Waals surface area contributed by atoms with Crippen LogP contribution in [-0.2, 0) is 11.2 Å². The molecule has 0 radical (unpaired) electrons. The van der Waals surface area contributed by atoms with E-state index in [1.165, 1.54) is 5.56 Å². The Morgan fingerprint density at radius 3 is 2.64 bits per heavy atom. The van der Waals surface area contributed by atoms with E-state index in [4.69, 9.17) is 12.2 Å². The van der Waals surface area contributed by atoms with Gasteiger partial charge in [0.15, 0.2) is 5.11 Å². The molecule has 0 spiro atoms. The normalized spacial score (nSPS) is 10.4. The van der Waals surface area contributed by atoms with E-state index >= 15 is 0 Å². The number of nitrogens with one attached hydrogen (secondary N) is 3. The number of hydrazine groups is 1. The molecule has 3 rings (SSSR count). The number of benzene rings is 2. The Bertz CT molecular complexity index is 968. The van der Waals surface area contributed by atoms with Crippen molar-refractivity contribution in [3.05, 3.63) is 77.6 Å². The molecule has 0 fully saturated rings. The second-order valence-corrected chi connectivity index (χ2v) is 6.91. The quantitative estimate of drug-likeness (QED) is 0.458. The van der Waals surface area contributed by atoms with Crippen molar-refractivity contribution in [3.63, 3.8) is 0 Å². The van der Waals surface area contributed by atoms with E-state index in [1.807, 2.05) is 68.6 Å². The standard InChI is InChI=1S/C21H23N5OS/c1-15-7-6-10-19(16(15)2)23-21(28)25-24-20(27)12-11-17-13-22-26(14-17)18-8-4-3-5-9-18/h3-10,13-14H,11-12H2,1-2H3,(H,24,27)(H2,23,25,28). The van der Waals surface area contributed by atoms with Crippen LogP contribution in [0.5, 0.6) is 0 Å². The van der Waals surface area contributed by atoms with Gasteiger partial charge < -0.3 is 5.32 Å². The van der Waals surface area contributed by atoms with Crippen LogP contribution in [0, 0.1) is 13.8 Å². The zero-order valence-electron chi connectivity index (χ0n) is 15.9. The Hall–Kier alpha value is -3.19. The van der Waals surface area contributed by atoms with E-state index in [1.54, 1.807) is 10.9 Å². The molecule has 0 aliphatic carbocycles. The van der Waals surface area contributed by atoms with Gasteiger partial charge in [-0.2, -0.15) is 5.10 Å². The molecule has 0 saturated heterocycles. The number of nitrogens with zero attached hydrogens (tertiary/aromatic N) is 2. The minimum atomic E-state index is -0.141. The predicted molar refractivity (Wildman–Crippen MR) is 115 cm³/mol. The summed E-state index contributed by atoms with van der Waals surface area (Å²) in [4.78, 5) is 12.1. The monoisotopic (exact) mass is 393 g/mol. The lowest BCUT2D eigenvalue weighted by molar-refractivity contribution is -0.121. The summed E-state index contributed by atoms with van der Waals surface area (Å²) in [6.07, 6.45) is 4.64. The molecule has 144 valence electrons. The number of rotatable bonds is 5. The van der Waals surface area contributed by atoms with Crippen molar-refractivity contribution < 1.29 is 4.79 Å². The van der Waals surface area contributed by atoms with E-state index in [9.17, 15) is 4.79 Å². The van der Waals surface area contributed by atoms with Crippen molar-refractivity contribution >= 4 is 28.9 Å². The Morgan fingerprint density at radius 2 is 1.86 bits per heavy atom. The zero-order chi connectivity index (χ0) is 19.9. The fraction of sp³-hybridized carbons (Fsp3) is 0.190. The maximum absolute atomic E-state index is 12.1. The number of aryl methyl sites for hydroxylation is 2. The van der Waals surface area contributed by atoms with Crippen molar-refractivity contribution in [2.24, 2.45) is 0 Å². The van der Waals surface area contributed by atoms with Crippen LogP contribution >= 0.6 is 12.2 Å². The van der Waals surface area contributed by atoms with Crippen molar-refractivity contribution in [3.8, 4) is 5.69 Å². The van der Waals surface area contributed by atoms with Gasteiger partial charge in [0.2, 0.25) is 5.91 Å². The summed E-state index contributed by atoms with van der Waals surface area (Å²) in [7, 11) is 0.